The number of carbonyl (C=O) groups is 2. The minimum atomic E-state index is -0.409. The fourth-order valence-electron chi connectivity index (χ4n) is 3.83. The predicted molar refractivity (Wildman–Crippen MR) is 129 cm³/mol. The summed E-state index contributed by atoms with van der Waals surface area (Å²) in [5.41, 5.74) is 3.11. The maximum atomic E-state index is 12.7. The molecule has 2 heterocycles. The van der Waals surface area contributed by atoms with Crippen LogP contribution in [0.3, 0.4) is 0 Å². The summed E-state index contributed by atoms with van der Waals surface area (Å²) in [6.07, 6.45) is 1.87. The second-order valence-corrected chi connectivity index (χ2v) is 7.92. The number of fused-ring (bicyclic) bond motifs is 1. The number of aryl methyl sites for hydroxylation is 1. The molecule has 0 atom stereocenters. The first-order valence-electron chi connectivity index (χ1n) is 11.0. The normalized spacial score (nSPS) is 11.0. The van der Waals surface area contributed by atoms with Crippen LogP contribution >= 0.6 is 0 Å². The van der Waals surface area contributed by atoms with Crippen LogP contribution in [0, 0.1) is 6.92 Å². The number of amides is 2. The third-order valence-electron chi connectivity index (χ3n) is 5.71. The lowest BCUT2D eigenvalue weighted by molar-refractivity contribution is -0.131. The fraction of sp³-hybridized carbons (Fsp3) is 0.240. The molecule has 0 radical (unpaired) electrons. The van der Waals surface area contributed by atoms with Crippen molar-refractivity contribution in [1.82, 2.24) is 19.2 Å². The van der Waals surface area contributed by atoms with Crippen LogP contribution in [0.15, 0.2) is 65.6 Å². The largest absolute Gasteiger partial charge is 0.342 e. The van der Waals surface area contributed by atoms with Gasteiger partial charge in [0.2, 0.25) is 5.91 Å². The van der Waals surface area contributed by atoms with Crippen molar-refractivity contribution in [1.29, 1.82) is 0 Å². The Kier molecular flexibility index (Phi) is 6.17. The average molecular weight is 446 g/mol. The summed E-state index contributed by atoms with van der Waals surface area (Å²) < 4.78 is 3.24. The predicted octanol–water partition coefficient (Wildman–Crippen LogP) is 3.55. The van der Waals surface area contributed by atoms with Gasteiger partial charge < -0.3 is 14.8 Å². The molecule has 2 aromatic heterocycles. The highest BCUT2D eigenvalue weighted by Crippen LogP contribution is 2.21. The van der Waals surface area contributed by atoms with Gasteiger partial charge in [0.15, 0.2) is 0 Å². The van der Waals surface area contributed by atoms with Crippen molar-refractivity contribution in [3.8, 4) is 5.69 Å². The molecule has 2 amide bonds. The molecule has 33 heavy (non-hydrogen) atoms. The number of hydrogen-bond acceptors (Lipinski definition) is 3. The van der Waals surface area contributed by atoms with E-state index < -0.39 is 5.91 Å². The maximum Gasteiger partial charge on any atom is 0.273 e. The summed E-state index contributed by atoms with van der Waals surface area (Å²) in [5.74, 6) is -0.342. The zero-order valence-electron chi connectivity index (χ0n) is 19.0. The van der Waals surface area contributed by atoms with Crippen LogP contribution in [0.5, 0.6) is 0 Å². The van der Waals surface area contributed by atoms with Gasteiger partial charge in [0.05, 0.1) is 5.69 Å². The smallest absolute Gasteiger partial charge is 0.273 e. The number of aromatic nitrogens is 3. The minimum absolute atomic E-state index is 0.0666. The Morgan fingerprint density at radius 3 is 2.42 bits per heavy atom. The molecule has 2 N–H and O–H groups in total. The minimum Gasteiger partial charge on any atom is -0.342 e. The maximum absolute atomic E-state index is 12.7. The van der Waals surface area contributed by atoms with E-state index in [1.54, 1.807) is 11.0 Å². The van der Waals surface area contributed by atoms with Crippen molar-refractivity contribution in [3.05, 3.63) is 82.4 Å². The van der Waals surface area contributed by atoms with Gasteiger partial charge in [-0.1, -0.05) is 17.7 Å². The molecule has 0 spiro atoms. The van der Waals surface area contributed by atoms with Crippen molar-refractivity contribution < 1.29 is 9.59 Å². The molecule has 4 rings (SSSR count). The number of likely N-dealkylation sites (N-methyl/N-ethyl adjacent to an activating group) is 1. The van der Waals surface area contributed by atoms with Gasteiger partial charge in [-0.2, -0.15) is 0 Å². The highest BCUT2D eigenvalue weighted by Gasteiger charge is 2.14. The lowest BCUT2D eigenvalue weighted by Gasteiger charge is -2.19. The molecule has 0 bridgehead atoms. The summed E-state index contributed by atoms with van der Waals surface area (Å²) in [6, 6.07) is 16.1. The lowest BCUT2D eigenvalue weighted by Crippen LogP contribution is -2.33. The average Bonchev–Trinajstić information content (AvgIpc) is 3.38. The SMILES string of the molecule is CCN(CC)C(=O)Cn1ccc2cc(NC(=O)c3cc(=O)n(-c4ccc(C)cc4)[nH]3)ccc21. The van der Waals surface area contributed by atoms with E-state index in [1.807, 2.05) is 74.0 Å². The highest BCUT2D eigenvalue weighted by atomic mass is 16.2. The van der Waals surface area contributed by atoms with Crippen LogP contribution in [0.2, 0.25) is 0 Å². The molecule has 0 fully saturated rings. The molecule has 8 heteroatoms. The summed E-state index contributed by atoms with van der Waals surface area (Å²) in [4.78, 5) is 39.3. The number of carbonyl (C=O) groups excluding carboxylic acids is 2. The number of anilines is 1. The number of rotatable bonds is 7. The highest BCUT2D eigenvalue weighted by molar-refractivity contribution is 6.03. The van der Waals surface area contributed by atoms with E-state index in [0.717, 1.165) is 16.5 Å². The monoisotopic (exact) mass is 445 g/mol. The number of nitrogens with zero attached hydrogens (tertiary/aromatic N) is 3. The van der Waals surface area contributed by atoms with E-state index >= 15 is 0 Å². The lowest BCUT2D eigenvalue weighted by atomic mass is 10.2. The molecule has 4 aromatic rings. The van der Waals surface area contributed by atoms with Crippen LogP contribution in [-0.4, -0.2) is 44.2 Å². The van der Waals surface area contributed by atoms with E-state index in [1.165, 1.54) is 10.7 Å². The number of H-pyrrole nitrogens is 1. The van der Waals surface area contributed by atoms with E-state index in [4.69, 9.17) is 0 Å². The van der Waals surface area contributed by atoms with Crippen LogP contribution in [-0.2, 0) is 11.3 Å². The van der Waals surface area contributed by atoms with Crippen molar-refractivity contribution in [2.24, 2.45) is 0 Å². The Labute approximate surface area is 191 Å². The first kappa shape index (κ1) is 22.1. The molecule has 0 aliphatic heterocycles. The van der Waals surface area contributed by atoms with Gasteiger partial charge in [0, 0.05) is 41.9 Å². The van der Waals surface area contributed by atoms with Gasteiger partial charge in [-0.15, -0.1) is 0 Å². The second kappa shape index (κ2) is 9.20. The van der Waals surface area contributed by atoms with E-state index in [2.05, 4.69) is 10.4 Å². The van der Waals surface area contributed by atoms with E-state index in [9.17, 15) is 14.4 Å². The topological polar surface area (TPSA) is 92.1 Å². The van der Waals surface area contributed by atoms with Gasteiger partial charge in [-0.25, -0.2) is 4.68 Å². The number of aromatic amines is 1. The number of benzene rings is 2. The van der Waals surface area contributed by atoms with Crippen molar-refractivity contribution in [3.63, 3.8) is 0 Å². The Hall–Kier alpha value is -4.07. The van der Waals surface area contributed by atoms with Crippen LogP contribution in [0.4, 0.5) is 5.69 Å². The summed E-state index contributed by atoms with van der Waals surface area (Å²) in [5, 5.41) is 6.61. The Morgan fingerprint density at radius 2 is 1.73 bits per heavy atom. The molecule has 0 saturated carbocycles. The third-order valence-corrected chi connectivity index (χ3v) is 5.71. The molecule has 0 unspecified atom stereocenters. The van der Waals surface area contributed by atoms with Crippen LogP contribution < -0.4 is 10.9 Å². The van der Waals surface area contributed by atoms with Crippen molar-refractivity contribution >= 4 is 28.4 Å². The molecule has 2 aromatic carbocycles. The Morgan fingerprint density at radius 1 is 1.00 bits per heavy atom. The fourth-order valence-corrected chi connectivity index (χ4v) is 3.83. The zero-order valence-corrected chi connectivity index (χ0v) is 19.0. The molecule has 0 aliphatic carbocycles. The van der Waals surface area contributed by atoms with Gasteiger partial charge in [-0.3, -0.25) is 19.5 Å². The molecular weight excluding hydrogens is 418 g/mol. The standard InChI is InChI=1S/C25H27N5O3/c1-4-28(5-2)24(32)16-29-13-12-18-14-19(8-11-22(18)29)26-25(33)21-15-23(31)30(27-21)20-9-6-17(3)7-10-20/h6-15,27H,4-5,16H2,1-3H3,(H,26,33). The van der Waals surface area contributed by atoms with Gasteiger partial charge in [0.1, 0.15) is 12.2 Å². The third kappa shape index (κ3) is 4.59. The first-order chi connectivity index (χ1) is 15.9. The van der Waals surface area contributed by atoms with E-state index in [-0.39, 0.29) is 23.7 Å². The Bertz CT molecular complexity index is 1360. The van der Waals surface area contributed by atoms with Gasteiger partial charge in [0.25, 0.3) is 11.5 Å². The molecule has 170 valence electrons. The number of nitrogens with one attached hydrogen (secondary N) is 2. The quantitative estimate of drug-likeness (QED) is 0.456. The Balaban J connectivity index is 1.51. The number of hydrogen-bond donors (Lipinski definition) is 2. The first-order valence-corrected chi connectivity index (χ1v) is 11.0. The molecular formula is C25H27N5O3. The van der Waals surface area contributed by atoms with Gasteiger partial charge >= 0.3 is 0 Å². The molecule has 0 saturated heterocycles. The van der Waals surface area contributed by atoms with Crippen molar-refractivity contribution in [2.75, 3.05) is 18.4 Å². The summed E-state index contributed by atoms with van der Waals surface area (Å²) in [7, 11) is 0. The summed E-state index contributed by atoms with van der Waals surface area (Å²) >= 11 is 0. The molecule has 8 nitrogen and oxygen atoms in total. The van der Waals surface area contributed by atoms with E-state index in [0.29, 0.717) is 24.5 Å². The van der Waals surface area contributed by atoms with Gasteiger partial charge in [-0.05, 0) is 57.2 Å². The zero-order chi connectivity index (χ0) is 23.5. The van der Waals surface area contributed by atoms with Crippen LogP contribution in [0.1, 0.15) is 29.9 Å². The van der Waals surface area contributed by atoms with Crippen LogP contribution in [0.25, 0.3) is 16.6 Å². The summed E-state index contributed by atoms with van der Waals surface area (Å²) in [6.45, 7) is 7.52. The second-order valence-electron chi connectivity index (χ2n) is 7.92. The molecule has 0 aliphatic rings. The van der Waals surface area contributed by atoms with Crippen molar-refractivity contribution in [2.45, 2.75) is 27.3 Å².